The normalized spacial score (nSPS) is 11.8. The van der Waals surface area contributed by atoms with Gasteiger partial charge in [-0.25, -0.2) is 5.43 Å². The van der Waals surface area contributed by atoms with E-state index < -0.39 is 5.25 Å². The van der Waals surface area contributed by atoms with Crippen LogP contribution in [0.3, 0.4) is 0 Å². The fourth-order valence-electron chi connectivity index (χ4n) is 4.05. The Balaban J connectivity index is 1.23. The molecule has 1 atom stereocenters. The molecule has 1 unspecified atom stereocenters. The van der Waals surface area contributed by atoms with Crippen LogP contribution in [0, 0.1) is 0 Å². The second kappa shape index (κ2) is 14.9. The first-order chi connectivity index (χ1) is 21.0. The number of halogens is 2. The number of amides is 1. The van der Waals surface area contributed by atoms with E-state index in [0.717, 1.165) is 27.0 Å². The van der Waals surface area contributed by atoms with Crippen molar-refractivity contribution in [1.29, 1.82) is 0 Å². The number of hydrogen-bond donors (Lipinski definition) is 2. The van der Waals surface area contributed by atoms with Crippen LogP contribution < -0.4 is 15.5 Å². The van der Waals surface area contributed by atoms with Gasteiger partial charge in [0.1, 0.15) is 12.4 Å². The summed E-state index contributed by atoms with van der Waals surface area (Å²) < 4.78 is 8.95. The Labute approximate surface area is 267 Å². The largest absolute Gasteiger partial charge is 0.488 e. The Bertz CT molecular complexity index is 1700. The van der Waals surface area contributed by atoms with Crippen molar-refractivity contribution in [2.45, 2.75) is 30.5 Å². The van der Waals surface area contributed by atoms with Gasteiger partial charge in [-0.05, 0) is 73.2 Å². The second-order valence-electron chi connectivity index (χ2n) is 9.38. The minimum absolute atomic E-state index is 0.266. The zero-order chi connectivity index (χ0) is 30.0. The molecule has 1 heterocycles. The molecule has 1 aromatic heterocycles. The van der Waals surface area contributed by atoms with Crippen molar-refractivity contribution in [2.24, 2.45) is 5.10 Å². The summed E-state index contributed by atoms with van der Waals surface area (Å²) in [4.78, 5) is 13.0. The monoisotopic (exact) mass is 674 g/mol. The second-order valence-corrected chi connectivity index (χ2v) is 12.0. The van der Waals surface area contributed by atoms with E-state index >= 15 is 0 Å². The van der Waals surface area contributed by atoms with Crippen LogP contribution in [0.2, 0.25) is 5.02 Å². The van der Waals surface area contributed by atoms with Gasteiger partial charge in [-0.2, -0.15) is 5.10 Å². The molecule has 4 aromatic carbocycles. The standard InChI is InChI=1S/C32H28BrClN6O2S/c1-22(31(41)38-36-19-24-9-5-6-13-29(24)42-21-23-8-7-10-25(33)18-23)43-32-39-37-30(40(32)28-11-3-2-4-12-28)20-35-27-16-14-26(34)15-17-27/h2-19,22,35H,20-21H2,1H3,(H,38,41)/b36-19+. The van der Waals surface area contributed by atoms with Crippen molar-refractivity contribution in [1.82, 2.24) is 20.2 Å². The molecule has 0 fully saturated rings. The Morgan fingerprint density at radius 2 is 1.79 bits per heavy atom. The fourth-order valence-corrected chi connectivity index (χ4v) is 5.50. The van der Waals surface area contributed by atoms with Crippen LogP contribution in [0.5, 0.6) is 5.75 Å². The Hall–Kier alpha value is -4.12. The highest BCUT2D eigenvalue weighted by Gasteiger charge is 2.21. The highest BCUT2D eigenvalue weighted by molar-refractivity contribution is 9.10. The van der Waals surface area contributed by atoms with Gasteiger partial charge >= 0.3 is 0 Å². The highest BCUT2D eigenvalue weighted by Crippen LogP contribution is 2.27. The number of aromatic nitrogens is 3. The maximum Gasteiger partial charge on any atom is 0.253 e. The Morgan fingerprint density at radius 3 is 2.58 bits per heavy atom. The summed E-state index contributed by atoms with van der Waals surface area (Å²) in [5.74, 6) is 1.10. The van der Waals surface area contributed by atoms with E-state index in [1.165, 1.54) is 11.8 Å². The summed E-state index contributed by atoms with van der Waals surface area (Å²) in [5, 5.41) is 17.2. The summed E-state index contributed by atoms with van der Waals surface area (Å²) in [6, 6.07) is 32.7. The highest BCUT2D eigenvalue weighted by atomic mass is 79.9. The molecule has 8 nitrogen and oxygen atoms in total. The molecule has 5 rings (SSSR count). The van der Waals surface area contributed by atoms with Crippen LogP contribution in [0.4, 0.5) is 5.69 Å². The van der Waals surface area contributed by atoms with Crippen LogP contribution in [0.15, 0.2) is 118 Å². The molecule has 0 spiro atoms. The lowest BCUT2D eigenvalue weighted by Gasteiger charge is -2.13. The van der Waals surface area contributed by atoms with Crippen molar-refractivity contribution in [2.75, 3.05) is 5.32 Å². The summed E-state index contributed by atoms with van der Waals surface area (Å²) in [6.45, 7) is 2.64. The molecule has 1 amide bonds. The third-order valence-electron chi connectivity index (χ3n) is 6.24. The van der Waals surface area contributed by atoms with Gasteiger partial charge in [-0.1, -0.05) is 81.8 Å². The average Bonchev–Trinajstić information content (AvgIpc) is 3.42. The number of benzene rings is 4. The number of nitrogens with zero attached hydrogens (tertiary/aromatic N) is 4. The van der Waals surface area contributed by atoms with Crippen LogP contribution in [0.1, 0.15) is 23.9 Å². The zero-order valence-corrected chi connectivity index (χ0v) is 26.3. The Morgan fingerprint density at radius 1 is 1.02 bits per heavy atom. The molecule has 11 heteroatoms. The molecule has 0 aliphatic carbocycles. The third kappa shape index (κ3) is 8.47. The van der Waals surface area contributed by atoms with Crippen LogP contribution in [-0.2, 0) is 17.9 Å². The quantitative estimate of drug-likeness (QED) is 0.0808. The minimum atomic E-state index is -0.496. The van der Waals surface area contributed by atoms with Gasteiger partial charge in [-0.15, -0.1) is 10.2 Å². The lowest BCUT2D eigenvalue weighted by molar-refractivity contribution is -0.120. The number of hydrazone groups is 1. The number of anilines is 1. The van der Waals surface area contributed by atoms with Crippen LogP contribution in [-0.4, -0.2) is 32.1 Å². The van der Waals surface area contributed by atoms with E-state index in [1.807, 2.05) is 108 Å². The summed E-state index contributed by atoms with van der Waals surface area (Å²) >= 11 is 10.8. The lowest BCUT2D eigenvalue weighted by Crippen LogP contribution is -2.27. The van der Waals surface area contributed by atoms with E-state index in [9.17, 15) is 4.79 Å². The van der Waals surface area contributed by atoms with E-state index in [2.05, 4.69) is 42.0 Å². The van der Waals surface area contributed by atoms with Gasteiger partial charge in [0.2, 0.25) is 0 Å². The van der Waals surface area contributed by atoms with Crippen molar-refractivity contribution in [3.05, 3.63) is 130 Å². The van der Waals surface area contributed by atoms with Crippen LogP contribution >= 0.6 is 39.3 Å². The molecule has 0 bridgehead atoms. The maximum atomic E-state index is 13.0. The Kier molecular flexibility index (Phi) is 10.5. The number of nitrogens with one attached hydrogen (secondary N) is 2. The first-order valence-electron chi connectivity index (χ1n) is 13.4. The van der Waals surface area contributed by atoms with Crippen molar-refractivity contribution in [3.8, 4) is 11.4 Å². The first kappa shape index (κ1) is 30.3. The lowest BCUT2D eigenvalue weighted by atomic mass is 10.2. The van der Waals surface area contributed by atoms with Gasteiger partial charge in [0.05, 0.1) is 18.0 Å². The van der Waals surface area contributed by atoms with Gasteiger partial charge in [0.15, 0.2) is 11.0 Å². The number of carbonyl (C=O) groups is 1. The van der Waals surface area contributed by atoms with E-state index in [0.29, 0.717) is 34.9 Å². The summed E-state index contributed by atoms with van der Waals surface area (Å²) in [5.41, 5.74) is 6.23. The summed E-state index contributed by atoms with van der Waals surface area (Å²) in [6.07, 6.45) is 1.58. The molecule has 0 aliphatic rings. The zero-order valence-electron chi connectivity index (χ0n) is 23.2. The molecule has 43 heavy (non-hydrogen) atoms. The molecule has 0 saturated heterocycles. The number of ether oxygens (including phenoxy) is 1. The first-order valence-corrected chi connectivity index (χ1v) is 15.5. The smallest absolute Gasteiger partial charge is 0.253 e. The van der Waals surface area contributed by atoms with Crippen molar-refractivity contribution < 1.29 is 9.53 Å². The number of para-hydroxylation sites is 2. The van der Waals surface area contributed by atoms with Gasteiger partial charge in [-0.3, -0.25) is 9.36 Å². The molecule has 2 N–H and O–H groups in total. The SMILES string of the molecule is CC(Sc1nnc(CNc2ccc(Cl)cc2)n1-c1ccccc1)C(=O)N/N=C/c1ccccc1OCc1cccc(Br)c1. The van der Waals surface area contributed by atoms with Crippen LogP contribution in [0.25, 0.3) is 5.69 Å². The van der Waals surface area contributed by atoms with Gasteiger partial charge in [0, 0.05) is 26.4 Å². The number of hydrogen-bond acceptors (Lipinski definition) is 7. The molecule has 218 valence electrons. The van der Waals surface area contributed by atoms with Crippen molar-refractivity contribution >= 4 is 57.1 Å². The van der Waals surface area contributed by atoms with E-state index in [1.54, 1.807) is 13.1 Å². The molecule has 0 saturated carbocycles. The predicted octanol–water partition coefficient (Wildman–Crippen LogP) is 7.51. The number of thioether (sulfide) groups is 1. The van der Waals surface area contributed by atoms with E-state index in [-0.39, 0.29) is 5.91 Å². The molecule has 5 aromatic rings. The third-order valence-corrected chi connectivity index (χ3v) is 8.03. The maximum absolute atomic E-state index is 13.0. The molecule has 0 radical (unpaired) electrons. The predicted molar refractivity (Wildman–Crippen MR) is 176 cm³/mol. The van der Waals surface area contributed by atoms with Gasteiger partial charge < -0.3 is 10.1 Å². The fraction of sp³-hybridized carbons (Fsp3) is 0.125. The number of rotatable bonds is 12. The minimum Gasteiger partial charge on any atom is -0.488 e. The molecular formula is C32H28BrClN6O2S. The average molecular weight is 676 g/mol. The summed E-state index contributed by atoms with van der Waals surface area (Å²) in [7, 11) is 0. The van der Waals surface area contributed by atoms with Gasteiger partial charge in [0.25, 0.3) is 5.91 Å². The molecular weight excluding hydrogens is 648 g/mol. The van der Waals surface area contributed by atoms with Crippen molar-refractivity contribution in [3.63, 3.8) is 0 Å². The number of carbonyl (C=O) groups excluding carboxylic acids is 1. The molecule has 0 aliphatic heterocycles. The van der Waals surface area contributed by atoms with E-state index in [4.69, 9.17) is 16.3 Å². The topological polar surface area (TPSA) is 93.4 Å².